The molecule has 0 heterocycles. The van der Waals surface area contributed by atoms with Gasteiger partial charge in [-0.15, -0.1) is 0 Å². The Kier molecular flexibility index (Phi) is 4.50. The number of hydrogen-bond acceptors (Lipinski definition) is 2. The Balaban J connectivity index is 2.77. The molecule has 0 saturated carbocycles. The molecule has 0 radical (unpaired) electrons. The van der Waals surface area contributed by atoms with E-state index < -0.39 is 0 Å². The molecule has 0 N–H and O–H groups in total. The molecule has 1 unspecified atom stereocenters. The number of ketones is 1. The van der Waals surface area contributed by atoms with Gasteiger partial charge in [-0.3, -0.25) is 9.69 Å². The van der Waals surface area contributed by atoms with Crippen molar-refractivity contribution in [3.8, 4) is 0 Å². The number of carbonyl (C=O) groups excluding carboxylic acids is 1. The Morgan fingerprint density at radius 2 is 1.73 bits per heavy atom. The Morgan fingerprint density at radius 3 is 2.20 bits per heavy atom. The average molecular weight is 211 g/mol. The van der Waals surface area contributed by atoms with Crippen LogP contribution in [-0.4, -0.2) is 29.8 Å². The van der Waals surface area contributed by atoms with E-state index in [2.05, 4.69) is 18.7 Å². The standard InChI is InChI=1S/C13H19NO/c1-4-14(5-2)11(3)13(15)12-9-7-6-8-10-12/h6-11H,4-5H2,1-3H3/i6+1,7+1,8+1,9+1,10+1,12+1. The second-order valence-corrected chi connectivity index (χ2v) is 3.63. The fraction of sp³-hybridized carbons (Fsp3) is 0.462. The van der Waals surface area contributed by atoms with Gasteiger partial charge in [0.25, 0.3) is 0 Å². The molecule has 0 saturated heterocycles. The van der Waals surface area contributed by atoms with Crippen LogP contribution in [0.5, 0.6) is 0 Å². The molecule has 0 aliphatic rings. The molecule has 1 aromatic carbocycles. The first-order valence-corrected chi connectivity index (χ1v) is 5.54. The van der Waals surface area contributed by atoms with Gasteiger partial charge in [-0.2, -0.15) is 0 Å². The number of hydrogen-bond donors (Lipinski definition) is 0. The monoisotopic (exact) mass is 211 g/mol. The van der Waals surface area contributed by atoms with Crippen LogP contribution in [0.3, 0.4) is 0 Å². The van der Waals surface area contributed by atoms with Crippen molar-refractivity contribution in [2.45, 2.75) is 26.8 Å². The van der Waals surface area contributed by atoms with E-state index in [0.717, 1.165) is 18.7 Å². The highest BCUT2D eigenvalue weighted by molar-refractivity contribution is 5.99. The van der Waals surface area contributed by atoms with Gasteiger partial charge in [0.15, 0.2) is 5.78 Å². The van der Waals surface area contributed by atoms with Crippen molar-refractivity contribution < 1.29 is 4.79 Å². The van der Waals surface area contributed by atoms with Gasteiger partial charge < -0.3 is 0 Å². The summed E-state index contributed by atoms with van der Waals surface area (Å²) < 4.78 is 0. The first-order valence-electron chi connectivity index (χ1n) is 5.54. The minimum absolute atomic E-state index is 0.0256. The first-order chi connectivity index (χ1) is 7.20. The molecule has 0 spiro atoms. The maximum atomic E-state index is 12.1. The van der Waals surface area contributed by atoms with Crippen molar-refractivity contribution in [2.75, 3.05) is 13.1 Å². The van der Waals surface area contributed by atoms with Crippen molar-refractivity contribution in [3.05, 3.63) is 35.9 Å². The Bertz CT molecular complexity index is 304. The Morgan fingerprint density at radius 1 is 1.20 bits per heavy atom. The van der Waals surface area contributed by atoms with E-state index in [-0.39, 0.29) is 11.8 Å². The minimum Gasteiger partial charge on any atom is -0.294 e. The smallest absolute Gasteiger partial charge is 0.179 e. The average Bonchev–Trinajstić information content (AvgIpc) is 2.30. The molecule has 2 heteroatoms. The van der Waals surface area contributed by atoms with E-state index in [4.69, 9.17) is 0 Å². The third kappa shape index (κ3) is 2.90. The van der Waals surface area contributed by atoms with Gasteiger partial charge in [0.1, 0.15) is 0 Å². The van der Waals surface area contributed by atoms with Gasteiger partial charge in [0.05, 0.1) is 6.04 Å². The molecule has 2 nitrogen and oxygen atoms in total. The maximum absolute atomic E-state index is 12.1. The van der Waals surface area contributed by atoms with Crippen LogP contribution in [0.2, 0.25) is 0 Å². The van der Waals surface area contributed by atoms with Crippen LogP contribution in [0.15, 0.2) is 30.3 Å². The summed E-state index contributed by atoms with van der Waals surface area (Å²) in [5.41, 5.74) is 0.803. The number of rotatable bonds is 5. The fourth-order valence-corrected chi connectivity index (χ4v) is 1.78. The van der Waals surface area contributed by atoms with Gasteiger partial charge in [-0.25, -0.2) is 0 Å². The number of likely N-dealkylation sites (N-methyl/N-ethyl adjacent to an activating group) is 1. The predicted molar refractivity (Wildman–Crippen MR) is 63.2 cm³/mol. The zero-order valence-electron chi connectivity index (χ0n) is 9.73. The van der Waals surface area contributed by atoms with Crippen molar-refractivity contribution in [1.29, 1.82) is 0 Å². The minimum atomic E-state index is -0.0256. The van der Waals surface area contributed by atoms with Crippen molar-refractivity contribution in [1.82, 2.24) is 4.90 Å². The number of benzene rings is 1. The predicted octanol–water partition coefficient (Wildman–Crippen LogP) is 2.60. The summed E-state index contributed by atoms with van der Waals surface area (Å²) in [6.07, 6.45) is 0. The van der Waals surface area contributed by atoms with E-state index in [1.165, 1.54) is 0 Å². The van der Waals surface area contributed by atoms with Gasteiger partial charge in [-0.1, -0.05) is 44.2 Å². The topological polar surface area (TPSA) is 20.3 Å². The molecule has 0 amide bonds. The van der Waals surface area contributed by atoms with Gasteiger partial charge >= 0.3 is 0 Å². The summed E-state index contributed by atoms with van der Waals surface area (Å²) in [5.74, 6) is 0.208. The molecule has 0 bridgehead atoms. The van der Waals surface area contributed by atoms with Crippen LogP contribution >= 0.6 is 0 Å². The van der Waals surface area contributed by atoms with Crippen LogP contribution < -0.4 is 0 Å². The summed E-state index contributed by atoms with van der Waals surface area (Å²) in [6, 6.07) is 9.47. The lowest BCUT2D eigenvalue weighted by atomic mass is 10.2. The molecule has 0 aliphatic carbocycles. The molecule has 0 fully saturated rings. The second-order valence-electron chi connectivity index (χ2n) is 3.63. The molecule has 0 aliphatic heterocycles. The zero-order chi connectivity index (χ0) is 11.3. The van der Waals surface area contributed by atoms with Crippen LogP contribution in [0.25, 0.3) is 0 Å². The SMILES string of the molecule is CCN(CC)C(C)C(=O)[13c]1[13cH][13cH][13cH][13cH][13cH]1. The summed E-state index contributed by atoms with van der Waals surface area (Å²) >= 11 is 0. The summed E-state index contributed by atoms with van der Waals surface area (Å²) in [7, 11) is 0. The quantitative estimate of drug-likeness (QED) is 0.698. The lowest BCUT2D eigenvalue weighted by molar-refractivity contribution is 0.0851. The normalized spacial score (nSPS) is 12.8. The van der Waals surface area contributed by atoms with E-state index in [0.29, 0.717) is 0 Å². The molecule has 1 rings (SSSR count). The van der Waals surface area contributed by atoms with E-state index >= 15 is 0 Å². The third-order valence-corrected chi connectivity index (χ3v) is 2.80. The summed E-state index contributed by atoms with van der Waals surface area (Å²) in [5, 5.41) is 0. The highest BCUT2D eigenvalue weighted by Crippen LogP contribution is 2.08. The third-order valence-electron chi connectivity index (χ3n) is 2.80. The molecule has 82 valence electrons. The Labute approximate surface area is 91.9 Å². The lowest BCUT2D eigenvalue weighted by Gasteiger charge is -2.25. The second kappa shape index (κ2) is 5.66. The first kappa shape index (κ1) is 11.9. The number of Topliss-reactive ketones (excluding diaryl/α,β-unsaturated/α-hetero) is 1. The van der Waals surface area contributed by atoms with Crippen molar-refractivity contribution in [3.63, 3.8) is 0 Å². The van der Waals surface area contributed by atoms with E-state index in [1.807, 2.05) is 37.3 Å². The van der Waals surface area contributed by atoms with Gasteiger partial charge in [0.2, 0.25) is 0 Å². The molecule has 1 atom stereocenters. The highest BCUT2D eigenvalue weighted by Gasteiger charge is 2.19. The van der Waals surface area contributed by atoms with Gasteiger partial charge in [0, 0.05) is 5.56 Å². The van der Waals surface area contributed by atoms with Gasteiger partial charge in [-0.05, 0) is 20.0 Å². The number of carbonyl (C=O) groups is 1. The number of nitrogens with zero attached hydrogens (tertiary/aromatic N) is 1. The molecular formula is C13H19NO. The van der Waals surface area contributed by atoms with Crippen LogP contribution in [0.1, 0.15) is 31.1 Å². The molecule has 1 aromatic rings. The van der Waals surface area contributed by atoms with Crippen molar-refractivity contribution >= 4 is 5.78 Å². The Hall–Kier alpha value is -1.15. The lowest BCUT2D eigenvalue weighted by Crippen LogP contribution is -2.38. The molecular weight excluding hydrogens is 192 g/mol. The van der Waals surface area contributed by atoms with Crippen LogP contribution in [0.4, 0.5) is 0 Å². The molecule has 15 heavy (non-hydrogen) atoms. The maximum Gasteiger partial charge on any atom is 0.179 e. The highest BCUT2D eigenvalue weighted by atomic mass is 16.1. The van der Waals surface area contributed by atoms with E-state index in [9.17, 15) is 4.79 Å². The van der Waals surface area contributed by atoms with Crippen molar-refractivity contribution in [2.24, 2.45) is 0 Å². The van der Waals surface area contributed by atoms with E-state index in [1.54, 1.807) is 0 Å². The summed E-state index contributed by atoms with van der Waals surface area (Å²) in [4.78, 5) is 14.2. The van der Waals surface area contributed by atoms with Crippen LogP contribution in [-0.2, 0) is 0 Å². The zero-order valence-corrected chi connectivity index (χ0v) is 9.73. The van der Waals surface area contributed by atoms with Crippen LogP contribution in [0, 0.1) is 0 Å². The molecule has 0 aromatic heterocycles. The fourth-order valence-electron chi connectivity index (χ4n) is 1.78. The summed E-state index contributed by atoms with van der Waals surface area (Å²) in [6.45, 7) is 7.96. The largest absolute Gasteiger partial charge is 0.294 e.